The van der Waals surface area contributed by atoms with E-state index >= 15 is 0 Å². The van der Waals surface area contributed by atoms with E-state index in [0.29, 0.717) is 5.56 Å². The maximum atomic E-state index is 14.5. The molecule has 0 saturated carbocycles. The summed E-state index contributed by atoms with van der Waals surface area (Å²) in [5.41, 5.74) is -0.801. The molecule has 166 valence electrons. The zero-order valence-corrected chi connectivity index (χ0v) is 17.2. The van der Waals surface area contributed by atoms with E-state index in [0.717, 1.165) is 0 Å². The number of hydrogen-bond acceptors (Lipinski definition) is 5. The van der Waals surface area contributed by atoms with Crippen molar-refractivity contribution in [2.45, 2.75) is 19.5 Å². The molecule has 2 aliphatic rings. The van der Waals surface area contributed by atoms with Crippen molar-refractivity contribution in [3.05, 3.63) is 76.3 Å². The molecule has 0 N–H and O–H groups in total. The van der Waals surface area contributed by atoms with Gasteiger partial charge in [-0.3, -0.25) is 0 Å². The number of rotatable bonds is 4. The Morgan fingerprint density at radius 3 is 1.97 bits per heavy atom. The Morgan fingerprint density at radius 2 is 1.45 bits per heavy atom. The van der Waals surface area contributed by atoms with Gasteiger partial charge < -0.3 is 0 Å². The molecule has 0 radical (unpaired) electrons. The van der Waals surface area contributed by atoms with Crippen molar-refractivity contribution in [1.82, 2.24) is 0 Å². The monoisotopic (exact) mass is 462 g/mol. The minimum atomic E-state index is -5.19. The number of carbonyl (C=O) groups excluding carboxylic acids is 1. The maximum absolute atomic E-state index is 14.5. The van der Waals surface area contributed by atoms with Crippen LogP contribution >= 0.6 is 7.51 Å². The van der Waals surface area contributed by atoms with Crippen molar-refractivity contribution < 1.29 is 44.8 Å². The van der Waals surface area contributed by atoms with Crippen LogP contribution < -0.4 is 4.52 Å². The second kappa shape index (κ2) is 7.25. The third-order valence-corrected chi connectivity index (χ3v) is 8.84. The number of Topliss-reactive ketones (excluding diaryl/α,β-unsaturated/α-hetero) is 1. The van der Waals surface area contributed by atoms with E-state index in [1.54, 1.807) is 30.3 Å². The summed E-state index contributed by atoms with van der Waals surface area (Å²) in [6.07, 6.45) is 0. The standard InChI is InChI=1S/C20H16F5O5P/c1-10(26)13-11(2)29-31(27-8-9-28-31,20(13)12-6-4-3-5-7-12)30-19-17(24)15(22)14(21)16(23)18(19)25/h3-7,20H,8-9H2,1-2H3. The first-order valence-electron chi connectivity index (χ1n) is 9.11. The van der Waals surface area contributed by atoms with Crippen LogP contribution in [0.3, 0.4) is 0 Å². The molecule has 0 bridgehead atoms. The molecule has 2 aromatic carbocycles. The number of hydrogen-bond donors (Lipinski definition) is 0. The Hall–Kier alpha value is -2.55. The van der Waals surface area contributed by atoms with E-state index in [1.807, 2.05) is 0 Å². The molecule has 4 rings (SSSR count). The second-order valence-corrected chi connectivity index (χ2v) is 10.1. The predicted molar refractivity (Wildman–Crippen MR) is 99.3 cm³/mol. The van der Waals surface area contributed by atoms with Crippen molar-refractivity contribution in [3.8, 4) is 5.75 Å². The summed E-state index contributed by atoms with van der Waals surface area (Å²) in [7, 11) is -5.19. The normalized spacial score (nSPS) is 22.8. The molecule has 1 atom stereocenters. The zero-order valence-electron chi connectivity index (χ0n) is 16.3. The molecule has 0 aliphatic carbocycles. The van der Waals surface area contributed by atoms with Gasteiger partial charge in [0.15, 0.2) is 0 Å². The summed E-state index contributed by atoms with van der Waals surface area (Å²) in [6.45, 7) is 2.33. The molecule has 1 spiro atoms. The van der Waals surface area contributed by atoms with Gasteiger partial charge in [0, 0.05) is 0 Å². The summed E-state index contributed by atoms with van der Waals surface area (Å²) in [5, 5.41) is 0. The topological polar surface area (TPSA) is 54.0 Å². The van der Waals surface area contributed by atoms with E-state index < -0.39 is 53.8 Å². The van der Waals surface area contributed by atoms with Crippen LogP contribution in [0.4, 0.5) is 22.0 Å². The Kier molecular flexibility index (Phi) is 5.07. The van der Waals surface area contributed by atoms with Gasteiger partial charge in [-0.1, -0.05) is 0 Å². The fourth-order valence-corrected chi connectivity index (χ4v) is 8.00. The molecule has 2 heterocycles. The SMILES string of the molecule is CC(=O)C1=C(C)OP2(Oc3c(F)c(F)c(F)c(F)c3F)(OCCO2)C1c1ccccc1. The molecule has 0 aromatic heterocycles. The molecule has 5 nitrogen and oxygen atoms in total. The Bertz CT molecular complexity index is 1090. The van der Waals surface area contributed by atoms with Crippen LogP contribution in [0.1, 0.15) is 25.1 Å². The van der Waals surface area contributed by atoms with Gasteiger partial charge in [-0.2, -0.15) is 0 Å². The minimum absolute atomic E-state index is 0.00444. The molecule has 1 unspecified atom stereocenters. The zero-order chi connectivity index (χ0) is 22.6. The third kappa shape index (κ3) is 3.04. The van der Waals surface area contributed by atoms with Crippen LogP contribution in [-0.2, 0) is 18.4 Å². The van der Waals surface area contributed by atoms with E-state index in [-0.39, 0.29) is 24.5 Å². The van der Waals surface area contributed by atoms with Gasteiger partial charge in [-0.15, -0.1) is 0 Å². The van der Waals surface area contributed by atoms with Gasteiger partial charge in [0.2, 0.25) is 0 Å². The van der Waals surface area contributed by atoms with Crippen molar-refractivity contribution in [1.29, 1.82) is 0 Å². The van der Waals surface area contributed by atoms with Gasteiger partial charge in [0.05, 0.1) is 0 Å². The van der Waals surface area contributed by atoms with Gasteiger partial charge in [0.1, 0.15) is 0 Å². The first kappa shape index (κ1) is 21.7. The van der Waals surface area contributed by atoms with Gasteiger partial charge >= 0.3 is 173 Å². The molecule has 31 heavy (non-hydrogen) atoms. The fraction of sp³-hybridized carbons (Fsp3) is 0.250. The Morgan fingerprint density at radius 1 is 0.935 bits per heavy atom. The van der Waals surface area contributed by atoms with Crippen LogP contribution in [0, 0.1) is 29.1 Å². The molecular weight excluding hydrogens is 446 g/mol. The number of ketones is 1. The van der Waals surface area contributed by atoms with E-state index in [9.17, 15) is 26.7 Å². The summed E-state index contributed by atoms with van der Waals surface area (Å²) in [4.78, 5) is 12.5. The number of benzene rings is 2. The summed E-state index contributed by atoms with van der Waals surface area (Å²) in [5.74, 6) is -13.2. The average molecular weight is 462 g/mol. The Balaban J connectivity index is 1.99. The molecule has 1 fully saturated rings. The number of allylic oxidation sites excluding steroid dienone is 2. The Labute approximate surface area is 173 Å². The van der Waals surface area contributed by atoms with Crippen LogP contribution in [-0.4, -0.2) is 19.0 Å². The molecule has 2 aliphatic heterocycles. The van der Waals surface area contributed by atoms with Crippen LogP contribution in [0.15, 0.2) is 41.7 Å². The molecule has 0 amide bonds. The molecular formula is C20H16F5O5P. The van der Waals surface area contributed by atoms with Crippen LogP contribution in [0.5, 0.6) is 5.75 Å². The van der Waals surface area contributed by atoms with Crippen molar-refractivity contribution in [2.24, 2.45) is 0 Å². The first-order valence-corrected chi connectivity index (χ1v) is 11.1. The summed E-state index contributed by atoms with van der Waals surface area (Å²) in [6, 6.07) is 8.10. The van der Waals surface area contributed by atoms with Gasteiger partial charge in [0.25, 0.3) is 0 Å². The quantitative estimate of drug-likeness (QED) is 0.254. The van der Waals surface area contributed by atoms with E-state index in [2.05, 4.69) is 0 Å². The second-order valence-electron chi connectivity index (χ2n) is 6.96. The third-order valence-electron chi connectivity index (χ3n) is 5.03. The fourth-order valence-electron chi connectivity index (χ4n) is 3.83. The van der Waals surface area contributed by atoms with Crippen molar-refractivity contribution in [3.63, 3.8) is 0 Å². The summed E-state index contributed by atoms with van der Waals surface area (Å²) < 4.78 is 93.0. The molecule has 1 saturated heterocycles. The average Bonchev–Trinajstić information content (AvgIpc) is 3.28. The first-order chi connectivity index (χ1) is 14.6. The van der Waals surface area contributed by atoms with Crippen molar-refractivity contribution in [2.75, 3.05) is 13.2 Å². The van der Waals surface area contributed by atoms with E-state index in [4.69, 9.17) is 18.1 Å². The molecule has 2 aromatic rings. The predicted octanol–water partition coefficient (Wildman–Crippen LogP) is 5.66. The van der Waals surface area contributed by atoms with Crippen LogP contribution in [0.2, 0.25) is 0 Å². The molecule has 11 heteroatoms. The van der Waals surface area contributed by atoms with Gasteiger partial charge in [-0.25, -0.2) is 0 Å². The number of halogens is 5. The van der Waals surface area contributed by atoms with Gasteiger partial charge in [-0.05, 0) is 0 Å². The van der Waals surface area contributed by atoms with E-state index in [1.165, 1.54) is 13.8 Å². The number of carbonyl (C=O) groups is 1. The van der Waals surface area contributed by atoms with Crippen LogP contribution in [0.25, 0.3) is 0 Å². The summed E-state index contributed by atoms with van der Waals surface area (Å²) >= 11 is 0. The van der Waals surface area contributed by atoms with Crippen molar-refractivity contribution >= 4 is 13.3 Å².